The fraction of sp³-hybridized carbons (Fsp3) is 0.412. The minimum atomic E-state index is -4.85. The molecule has 0 spiro atoms. The molecule has 25 heavy (non-hydrogen) atoms. The van der Waals surface area contributed by atoms with Crippen molar-refractivity contribution in [3.05, 3.63) is 40.8 Å². The van der Waals surface area contributed by atoms with Gasteiger partial charge in [-0.05, 0) is 42.0 Å². The predicted molar refractivity (Wildman–Crippen MR) is 83.7 cm³/mol. The van der Waals surface area contributed by atoms with Gasteiger partial charge in [0.05, 0.1) is 5.69 Å². The molecule has 0 aromatic heterocycles. The molecule has 130 valence electrons. The third-order valence-electron chi connectivity index (χ3n) is 3.82. The molecule has 0 N–H and O–H groups in total. The first-order chi connectivity index (χ1) is 10.9. The number of anilines is 1. The van der Waals surface area contributed by atoms with E-state index < -0.39 is 23.6 Å². The summed E-state index contributed by atoms with van der Waals surface area (Å²) >= 11 is 0. The Balaban J connectivity index is 0.00000312. The predicted octanol–water partition coefficient (Wildman–Crippen LogP) is 0.114. The van der Waals surface area contributed by atoms with E-state index in [0.717, 1.165) is 11.1 Å². The van der Waals surface area contributed by atoms with Crippen molar-refractivity contribution in [2.45, 2.75) is 46.2 Å². The average molecular weight is 378 g/mol. The zero-order chi connectivity index (χ0) is 18.4. The van der Waals surface area contributed by atoms with Crippen LogP contribution in [0.2, 0.25) is 0 Å². The van der Waals surface area contributed by atoms with Crippen LogP contribution < -0.4 is 61.4 Å². The molecule has 1 heterocycles. The number of carbonyl (C=O) groups excluding carboxylic acids is 1. The van der Waals surface area contributed by atoms with Crippen LogP contribution in [-0.4, -0.2) is 17.9 Å². The summed E-state index contributed by atoms with van der Waals surface area (Å²) in [5, 5.41) is 10.9. The van der Waals surface area contributed by atoms with Gasteiger partial charge < -0.3 is 5.11 Å². The molecule has 1 aliphatic heterocycles. The summed E-state index contributed by atoms with van der Waals surface area (Å²) in [5.41, 5.74) is 1.25. The molecule has 0 fully saturated rings. The van der Waals surface area contributed by atoms with Crippen molar-refractivity contribution in [1.29, 1.82) is 0 Å². The number of amidine groups is 1. The van der Waals surface area contributed by atoms with E-state index in [9.17, 15) is 23.1 Å². The van der Waals surface area contributed by atoms with E-state index in [2.05, 4.69) is 4.99 Å². The maximum absolute atomic E-state index is 13.3. The first-order valence-corrected chi connectivity index (χ1v) is 7.32. The molecule has 0 bridgehead atoms. The van der Waals surface area contributed by atoms with Crippen molar-refractivity contribution in [1.82, 2.24) is 0 Å². The van der Waals surface area contributed by atoms with Gasteiger partial charge in [0, 0.05) is 0 Å². The molecule has 0 aliphatic carbocycles. The van der Waals surface area contributed by atoms with Crippen molar-refractivity contribution in [2.75, 3.05) is 4.90 Å². The van der Waals surface area contributed by atoms with Crippen LogP contribution in [0, 0.1) is 13.8 Å². The molecule has 1 aliphatic rings. The van der Waals surface area contributed by atoms with Gasteiger partial charge in [-0.25, -0.2) is 4.99 Å². The number of hydrogen-bond acceptors (Lipinski definition) is 3. The van der Waals surface area contributed by atoms with Crippen molar-refractivity contribution >= 4 is 17.4 Å². The number of alkyl halides is 3. The van der Waals surface area contributed by atoms with Crippen molar-refractivity contribution in [3.8, 4) is 0 Å². The summed E-state index contributed by atoms with van der Waals surface area (Å²) in [6, 6.07) is 3.30. The topological polar surface area (TPSA) is 55.7 Å². The summed E-state index contributed by atoms with van der Waals surface area (Å²) < 4.78 is 39.8. The normalized spacial score (nSPS) is 17.0. The number of carbonyl (C=O) groups is 1. The van der Waals surface area contributed by atoms with Crippen LogP contribution in [0.15, 0.2) is 29.1 Å². The van der Waals surface area contributed by atoms with Crippen molar-refractivity contribution < 1.29 is 74.5 Å². The second-order valence-corrected chi connectivity index (χ2v) is 6.78. The molecular formula is C17H18F3KN2O2. The van der Waals surface area contributed by atoms with Crippen LogP contribution in [-0.2, 0) is 10.2 Å². The van der Waals surface area contributed by atoms with Crippen LogP contribution in [0.4, 0.5) is 18.9 Å². The Labute approximate surface area is 187 Å². The van der Waals surface area contributed by atoms with Crippen LogP contribution in [0.3, 0.4) is 0 Å². The summed E-state index contributed by atoms with van der Waals surface area (Å²) in [6.07, 6.45) is -4.80. The SMILES string of the molecule is Cc1cc(C)c(C(C)(C)C)cc1N1C(=O)/C(=C\[O-])N=C1C(F)(F)F.[K+]. The Bertz CT molecular complexity index is 762. The van der Waals surface area contributed by atoms with Gasteiger partial charge in [-0.2, -0.15) is 13.2 Å². The number of hydrogen-bond donors (Lipinski definition) is 0. The standard InChI is InChI=1S/C17H19F3N2O2.K/c1-9-6-10(2)13(7-11(9)16(3,4)5)22-14(24)12(8-23)21-15(22)17(18,19)20;/h6-8,23H,1-5H3;/q;+1/p-1/b12-8+;. The number of aryl methyl sites for hydroxylation is 2. The second-order valence-electron chi connectivity index (χ2n) is 6.78. The number of benzene rings is 1. The Morgan fingerprint density at radius 2 is 1.68 bits per heavy atom. The second kappa shape index (κ2) is 7.52. The molecule has 0 unspecified atom stereocenters. The first-order valence-electron chi connectivity index (χ1n) is 7.32. The molecule has 2 rings (SSSR count). The largest absolute Gasteiger partial charge is 1.00 e. The summed E-state index contributed by atoms with van der Waals surface area (Å²) in [4.78, 5) is 15.9. The fourth-order valence-corrected chi connectivity index (χ4v) is 2.80. The fourth-order valence-electron chi connectivity index (χ4n) is 2.80. The van der Waals surface area contributed by atoms with E-state index in [1.165, 1.54) is 0 Å². The summed E-state index contributed by atoms with van der Waals surface area (Å²) in [6.45, 7) is 9.28. The third-order valence-corrected chi connectivity index (χ3v) is 3.82. The van der Waals surface area contributed by atoms with Crippen LogP contribution in [0.5, 0.6) is 0 Å². The Morgan fingerprint density at radius 3 is 2.12 bits per heavy atom. The molecular weight excluding hydrogens is 360 g/mol. The zero-order valence-electron chi connectivity index (χ0n) is 15.1. The molecule has 1 aromatic carbocycles. The minimum absolute atomic E-state index is 0. The first kappa shape index (κ1) is 22.4. The van der Waals surface area contributed by atoms with Gasteiger partial charge in [0.25, 0.3) is 5.91 Å². The Hall–Kier alpha value is -0.674. The molecule has 0 atom stereocenters. The van der Waals surface area contributed by atoms with Gasteiger partial charge in [-0.15, -0.1) is 6.26 Å². The molecule has 8 heteroatoms. The monoisotopic (exact) mass is 378 g/mol. The number of aliphatic imine (C=N–C) groups is 1. The van der Waals surface area contributed by atoms with E-state index in [1.807, 2.05) is 27.7 Å². The zero-order valence-corrected chi connectivity index (χ0v) is 18.2. The third kappa shape index (κ3) is 4.36. The number of nitrogens with zero attached hydrogens (tertiary/aromatic N) is 2. The minimum Gasteiger partial charge on any atom is -0.876 e. The Kier molecular flexibility index (Phi) is 6.73. The average Bonchev–Trinajstić information content (AvgIpc) is 2.74. The van der Waals surface area contributed by atoms with E-state index in [1.54, 1.807) is 19.1 Å². The van der Waals surface area contributed by atoms with Gasteiger partial charge in [0.1, 0.15) is 5.70 Å². The van der Waals surface area contributed by atoms with E-state index >= 15 is 0 Å². The van der Waals surface area contributed by atoms with Gasteiger partial charge in [-0.3, -0.25) is 9.69 Å². The molecule has 4 nitrogen and oxygen atoms in total. The van der Waals surface area contributed by atoms with E-state index in [0.29, 0.717) is 10.5 Å². The van der Waals surface area contributed by atoms with Gasteiger partial charge in [-0.1, -0.05) is 26.8 Å². The number of rotatable bonds is 1. The van der Waals surface area contributed by atoms with Gasteiger partial charge in [0.2, 0.25) is 5.84 Å². The van der Waals surface area contributed by atoms with Crippen LogP contribution in [0.1, 0.15) is 37.5 Å². The van der Waals surface area contributed by atoms with E-state index in [-0.39, 0.29) is 68.7 Å². The van der Waals surface area contributed by atoms with Crippen LogP contribution in [0.25, 0.3) is 0 Å². The Morgan fingerprint density at radius 1 is 1.12 bits per heavy atom. The van der Waals surface area contributed by atoms with E-state index in [4.69, 9.17) is 0 Å². The summed E-state index contributed by atoms with van der Waals surface area (Å²) in [7, 11) is 0. The number of halogens is 3. The van der Waals surface area contributed by atoms with Gasteiger partial charge >= 0.3 is 57.6 Å². The van der Waals surface area contributed by atoms with Crippen molar-refractivity contribution in [2.24, 2.45) is 4.99 Å². The maximum atomic E-state index is 13.3. The number of amides is 1. The van der Waals surface area contributed by atoms with Crippen LogP contribution >= 0.6 is 0 Å². The molecule has 0 radical (unpaired) electrons. The van der Waals surface area contributed by atoms with Crippen molar-refractivity contribution in [3.63, 3.8) is 0 Å². The quantitative estimate of drug-likeness (QED) is 0.396. The smallest absolute Gasteiger partial charge is 0.876 e. The van der Waals surface area contributed by atoms with Gasteiger partial charge in [0.15, 0.2) is 0 Å². The summed E-state index contributed by atoms with van der Waals surface area (Å²) in [5.74, 6) is -2.45. The molecule has 1 amide bonds. The molecule has 1 aromatic rings. The molecule has 0 saturated carbocycles. The maximum Gasteiger partial charge on any atom is 1.00 e. The molecule has 0 saturated heterocycles.